The molecule has 0 atom stereocenters. The van der Waals surface area contributed by atoms with Crippen LogP contribution in [0.2, 0.25) is 0 Å². The van der Waals surface area contributed by atoms with Crippen LogP contribution in [0.25, 0.3) is 109 Å². The standard InChI is InChI=1S/C52H32N4S/c1-3-12-33(13-4-1)37-29-44(34-14-5-2-6-15-34)54-51(31-37)56-46-19-10-8-17-40(46)42-28-35(22-25-47(42)56)36-21-24-41-39-16-7-9-18-45(39)55(48(41)30-36)38-23-26-49-43(32-38)52-50(57-49)20-11-27-53-52/h1-32H. The van der Waals surface area contributed by atoms with Gasteiger partial charge in [-0.05, 0) is 95.1 Å². The van der Waals surface area contributed by atoms with Crippen LogP contribution in [-0.2, 0) is 0 Å². The highest BCUT2D eigenvalue weighted by Gasteiger charge is 2.18. The second kappa shape index (κ2) is 12.6. The summed E-state index contributed by atoms with van der Waals surface area (Å²) in [5.74, 6) is 0.894. The fourth-order valence-corrected chi connectivity index (χ4v) is 9.78. The number of fused-ring (bicyclic) bond motifs is 9. The highest BCUT2D eigenvalue weighted by atomic mass is 32.1. The van der Waals surface area contributed by atoms with Crippen molar-refractivity contribution in [3.05, 3.63) is 194 Å². The second-order valence-corrected chi connectivity index (χ2v) is 15.7. The Kier molecular flexibility index (Phi) is 7.06. The third-order valence-electron chi connectivity index (χ3n) is 11.4. The Morgan fingerprint density at radius 1 is 0.368 bits per heavy atom. The van der Waals surface area contributed by atoms with E-state index in [4.69, 9.17) is 9.97 Å². The van der Waals surface area contributed by atoms with Gasteiger partial charge in [-0.25, -0.2) is 4.98 Å². The quantitative estimate of drug-likeness (QED) is 0.176. The maximum absolute atomic E-state index is 5.33. The molecule has 266 valence electrons. The summed E-state index contributed by atoms with van der Waals surface area (Å²) in [5.41, 5.74) is 13.5. The largest absolute Gasteiger partial charge is 0.309 e. The zero-order chi connectivity index (χ0) is 37.5. The molecule has 0 aliphatic carbocycles. The molecule has 0 unspecified atom stereocenters. The molecule has 7 aromatic carbocycles. The Morgan fingerprint density at radius 3 is 1.86 bits per heavy atom. The zero-order valence-electron chi connectivity index (χ0n) is 30.7. The predicted octanol–water partition coefficient (Wildman–Crippen LogP) is 14.0. The van der Waals surface area contributed by atoms with Gasteiger partial charge >= 0.3 is 0 Å². The highest BCUT2D eigenvalue weighted by Crippen LogP contribution is 2.40. The van der Waals surface area contributed by atoms with Crippen molar-refractivity contribution in [1.82, 2.24) is 19.1 Å². The molecule has 57 heavy (non-hydrogen) atoms. The molecule has 0 aliphatic heterocycles. The van der Waals surface area contributed by atoms with Gasteiger partial charge in [-0.3, -0.25) is 9.55 Å². The molecular formula is C52H32N4S. The Bertz CT molecular complexity index is 3460. The lowest BCUT2D eigenvalue weighted by Gasteiger charge is -2.13. The fourth-order valence-electron chi connectivity index (χ4n) is 8.74. The van der Waals surface area contributed by atoms with E-state index in [1.807, 2.05) is 12.3 Å². The van der Waals surface area contributed by atoms with Crippen LogP contribution in [0.5, 0.6) is 0 Å². The van der Waals surface area contributed by atoms with E-state index in [0.29, 0.717) is 0 Å². The molecule has 0 saturated carbocycles. The number of thiophene rings is 1. The number of hydrogen-bond donors (Lipinski definition) is 0. The Morgan fingerprint density at radius 2 is 1.04 bits per heavy atom. The van der Waals surface area contributed by atoms with Crippen molar-refractivity contribution in [3.8, 4) is 45.0 Å². The van der Waals surface area contributed by atoms with Gasteiger partial charge in [0.15, 0.2) is 0 Å². The molecule has 5 aromatic heterocycles. The number of pyridine rings is 2. The topological polar surface area (TPSA) is 35.6 Å². The summed E-state index contributed by atoms with van der Waals surface area (Å²) < 4.78 is 7.20. The number of hydrogen-bond acceptors (Lipinski definition) is 3. The molecule has 5 heterocycles. The summed E-state index contributed by atoms with van der Waals surface area (Å²) >= 11 is 1.80. The van der Waals surface area contributed by atoms with E-state index < -0.39 is 0 Å². The van der Waals surface area contributed by atoms with Gasteiger partial charge in [0.2, 0.25) is 0 Å². The molecule has 0 spiro atoms. The van der Waals surface area contributed by atoms with Gasteiger partial charge in [0, 0.05) is 49.1 Å². The number of nitrogens with zero attached hydrogens (tertiary/aromatic N) is 4. The summed E-state index contributed by atoms with van der Waals surface area (Å²) in [6.07, 6.45) is 1.89. The van der Waals surface area contributed by atoms with Crippen LogP contribution in [0, 0.1) is 0 Å². The van der Waals surface area contributed by atoms with Crippen molar-refractivity contribution in [2.45, 2.75) is 0 Å². The molecule has 0 fully saturated rings. The molecule has 0 saturated heterocycles. The first-order chi connectivity index (χ1) is 28.2. The summed E-state index contributed by atoms with van der Waals surface area (Å²) in [6.45, 7) is 0. The maximum atomic E-state index is 5.33. The van der Waals surface area contributed by atoms with Crippen LogP contribution in [0.1, 0.15) is 0 Å². The van der Waals surface area contributed by atoms with Crippen molar-refractivity contribution in [2.75, 3.05) is 0 Å². The molecule has 0 aliphatic rings. The van der Waals surface area contributed by atoms with Crippen LogP contribution < -0.4 is 0 Å². The molecule has 0 radical (unpaired) electrons. The SMILES string of the molecule is c1ccc(-c2cc(-c3ccccc3)nc(-n3c4ccccc4c4cc(-c5ccc6c7ccccc7n(-c7ccc8sc9cccnc9c8c7)c6c5)ccc43)c2)cc1. The van der Waals surface area contributed by atoms with Gasteiger partial charge in [-0.15, -0.1) is 11.3 Å². The molecule has 0 amide bonds. The third-order valence-corrected chi connectivity index (χ3v) is 12.5. The molecule has 0 N–H and O–H groups in total. The van der Waals surface area contributed by atoms with Crippen molar-refractivity contribution >= 4 is 75.3 Å². The normalized spacial score (nSPS) is 11.9. The van der Waals surface area contributed by atoms with Gasteiger partial charge in [0.25, 0.3) is 0 Å². The van der Waals surface area contributed by atoms with Crippen LogP contribution in [0.15, 0.2) is 194 Å². The summed E-state index contributed by atoms with van der Waals surface area (Å²) in [7, 11) is 0. The third kappa shape index (κ3) is 5.06. The molecule has 5 heteroatoms. The smallest absolute Gasteiger partial charge is 0.138 e. The minimum absolute atomic E-state index is 0.894. The average molecular weight is 745 g/mol. The highest BCUT2D eigenvalue weighted by molar-refractivity contribution is 7.25. The van der Waals surface area contributed by atoms with Crippen molar-refractivity contribution in [2.24, 2.45) is 0 Å². The molecule has 0 bridgehead atoms. The van der Waals surface area contributed by atoms with E-state index in [0.717, 1.165) is 50.4 Å². The van der Waals surface area contributed by atoms with E-state index in [-0.39, 0.29) is 0 Å². The fraction of sp³-hybridized carbons (Fsp3) is 0. The van der Waals surface area contributed by atoms with Crippen molar-refractivity contribution < 1.29 is 0 Å². The number of rotatable bonds is 5. The predicted molar refractivity (Wildman–Crippen MR) is 240 cm³/mol. The molecular weight excluding hydrogens is 713 g/mol. The Labute approximate surface area is 332 Å². The Balaban J connectivity index is 1.05. The second-order valence-electron chi connectivity index (χ2n) is 14.6. The van der Waals surface area contributed by atoms with Gasteiger partial charge in [-0.1, -0.05) is 115 Å². The van der Waals surface area contributed by atoms with E-state index in [1.165, 1.54) is 58.5 Å². The van der Waals surface area contributed by atoms with Crippen molar-refractivity contribution in [3.63, 3.8) is 0 Å². The number of para-hydroxylation sites is 2. The average Bonchev–Trinajstić information content (AvgIpc) is 3.94. The van der Waals surface area contributed by atoms with Crippen LogP contribution >= 0.6 is 11.3 Å². The van der Waals surface area contributed by atoms with Gasteiger partial charge in [0.1, 0.15) is 5.82 Å². The number of aromatic nitrogens is 4. The van der Waals surface area contributed by atoms with Gasteiger partial charge < -0.3 is 4.57 Å². The lowest BCUT2D eigenvalue weighted by molar-refractivity contribution is 1.08. The van der Waals surface area contributed by atoms with Crippen LogP contribution in [0.3, 0.4) is 0 Å². The summed E-state index contributed by atoms with van der Waals surface area (Å²) in [6, 6.07) is 67.7. The lowest BCUT2D eigenvalue weighted by Crippen LogP contribution is -2.00. The van der Waals surface area contributed by atoms with E-state index in [1.54, 1.807) is 11.3 Å². The zero-order valence-corrected chi connectivity index (χ0v) is 31.5. The van der Waals surface area contributed by atoms with E-state index in [9.17, 15) is 0 Å². The van der Waals surface area contributed by atoms with Gasteiger partial charge in [0.05, 0.1) is 38.0 Å². The number of benzene rings is 7. The lowest BCUT2D eigenvalue weighted by atomic mass is 10.0. The summed E-state index contributed by atoms with van der Waals surface area (Å²) in [4.78, 5) is 10.1. The first-order valence-electron chi connectivity index (χ1n) is 19.2. The van der Waals surface area contributed by atoms with E-state index >= 15 is 0 Å². The Hall–Kier alpha value is -7.34. The first-order valence-corrected chi connectivity index (χ1v) is 20.0. The molecule has 4 nitrogen and oxygen atoms in total. The molecule has 12 rings (SSSR count). The van der Waals surface area contributed by atoms with Crippen LogP contribution in [-0.4, -0.2) is 19.1 Å². The molecule has 12 aromatic rings. The van der Waals surface area contributed by atoms with Crippen molar-refractivity contribution in [1.29, 1.82) is 0 Å². The van der Waals surface area contributed by atoms with Crippen LogP contribution in [0.4, 0.5) is 0 Å². The minimum Gasteiger partial charge on any atom is -0.309 e. The van der Waals surface area contributed by atoms with E-state index in [2.05, 4.69) is 191 Å². The summed E-state index contributed by atoms with van der Waals surface area (Å²) in [5, 5.41) is 6.06. The first kappa shape index (κ1) is 32.0. The maximum Gasteiger partial charge on any atom is 0.138 e. The minimum atomic E-state index is 0.894. The van der Waals surface area contributed by atoms with Gasteiger partial charge in [-0.2, -0.15) is 0 Å². The monoisotopic (exact) mass is 744 g/mol.